The maximum absolute atomic E-state index is 12.9. The number of nitro benzene ring substituents is 1. The molecule has 0 unspecified atom stereocenters. The summed E-state index contributed by atoms with van der Waals surface area (Å²) in [6, 6.07) is 10.1. The van der Waals surface area contributed by atoms with E-state index < -0.39 is 22.4 Å². The Bertz CT molecular complexity index is 1220. The van der Waals surface area contributed by atoms with Crippen molar-refractivity contribution in [2.24, 2.45) is 0 Å². The Labute approximate surface area is 198 Å². The monoisotopic (exact) mass is 489 g/mol. The highest BCUT2D eigenvalue weighted by Crippen LogP contribution is 2.36. The van der Waals surface area contributed by atoms with Crippen LogP contribution in [0, 0.1) is 17.0 Å². The van der Waals surface area contributed by atoms with Crippen molar-refractivity contribution >= 4 is 17.3 Å². The first-order valence-corrected chi connectivity index (χ1v) is 10.9. The molecule has 1 fully saturated rings. The first-order chi connectivity index (χ1) is 16.6. The lowest BCUT2D eigenvalue weighted by Crippen LogP contribution is -2.49. The molecule has 0 N–H and O–H groups in total. The molecular weight excluding hydrogens is 467 g/mol. The van der Waals surface area contributed by atoms with Gasteiger partial charge in [0.15, 0.2) is 0 Å². The zero-order valence-corrected chi connectivity index (χ0v) is 18.8. The molecular formula is C23H22F3N5O4. The number of halogens is 3. The second kappa shape index (κ2) is 9.72. The van der Waals surface area contributed by atoms with Crippen LogP contribution in [0.5, 0.6) is 0 Å². The van der Waals surface area contributed by atoms with Gasteiger partial charge in [-0.1, -0.05) is 35.0 Å². The van der Waals surface area contributed by atoms with Crippen LogP contribution in [0.1, 0.15) is 23.4 Å². The van der Waals surface area contributed by atoms with Gasteiger partial charge in [-0.05, 0) is 19.1 Å². The summed E-state index contributed by atoms with van der Waals surface area (Å²) in [5.41, 5.74) is 0.333. The second-order valence-corrected chi connectivity index (χ2v) is 8.20. The molecule has 1 amide bonds. The number of piperazine rings is 1. The van der Waals surface area contributed by atoms with Crippen LogP contribution in [-0.4, -0.2) is 52.1 Å². The lowest BCUT2D eigenvalue weighted by atomic mass is 10.1. The molecule has 4 rings (SSSR count). The summed E-state index contributed by atoms with van der Waals surface area (Å²) in [7, 11) is 0. The van der Waals surface area contributed by atoms with E-state index in [1.165, 1.54) is 0 Å². The number of anilines is 1. The highest BCUT2D eigenvalue weighted by Gasteiger charge is 2.34. The fraction of sp³-hybridized carbons (Fsp3) is 0.348. The van der Waals surface area contributed by atoms with Crippen molar-refractivity contribution in [1.82, 2.24) is 15.0 Å². The first-order valence-electron chi connectivity index (χ1n) is 10.9. The van der Waals surface area contributed by atoms with Crippen LogP contribution in [-0.2, 0) is 17.4 Å². The van der Waals surface area contributed by atoms with Crippen LogP contribution in [0.15, 0.2) is 47.0 Å². The number of nitro groups is 1. The Morgan fingerprint density at radius 2 is 1.80 bits per heavy atom. The molecule has 3 aromatic rings. The third-order valence-electron chi connectivity index (χ3n) is 5.80. The largest absolute Gasteiger partial charge is 0.416 e. The summed E-state index contributed by atoms with van der Waals surface area (Å²) in [6.45, 7) is 3.07. The molecule has 9 nitrogen and oxygen atoms in total. The highest BCUT2D eigenvalue weighted by atomic mass is 19.4. The Morgan fingerprint density at radius 1 is 1.11 bits per heavy atom. The summed E-state index contributed by atoms with van der Waals surface area (Å²) in [5, 5.41) is 15.3. The molecule has 0 bridgehead atoms. The van der Waals surface area contributed by atoms with E-state index in [1.807, 2.05) is 31.2 Å². The van der Waals surface area contributed by atoms with Gasteiger partial charge in [-0.25, -0.2) is 0 Å². The van der Waals surface area contributed by atoms with E-state index in [0.29, 0.717) is 17.8 Å². The number of aryl methyl sites for hydroxylation is 2. The van der Waals surface area contributed by atoms with E-state index in [9.17, 15) is 28.1 Å². The fourth-order valence-corrected chi connectivity index (χ4v) is 3.86. The second-order valence-electron chi connectivity index (χ2n) is 8.20. The summed E-state index contributed by atoms with van der Waals surface area (Å²) in [4.78, 5) is 30.8. The quantitative estimate of drug-likeness (QED) is 0.376. The van der Waals surface area contributed by atoms with Gasteiger partial charge < -0.3 is 14.3 Å². The fourth-order valence-electron chi connectivity index (χ4n) is 3.86. The van der Waals surface area contributed by atoms with Crippen molar-refractivity contribution in [3.63, 3.8) is 0 Å². The molecule has 0 spiro atoms. The molecule has 2 heterocycles. The van der Waals surface area contributed by atoms with Crippen LogP contribution in [0.25, 0.3) is 11.4 Å². The van der Waals surface area contributed by atoms with Crippen molar-refractivity contribution in [1.29, 1.82) is 0 Å². The molecule has 0 aliphatic carbocycles. The number of aromatic nitrogens is 2. The average Bonchev–Trinajstić information content (AvgIpc) is 3.31. The summed E-state index contributed by atoms with van der Waals surface area (Å²) in [6.07, 6.45) is -4.26. The topological polar surface area (TPSA) is 106 Å². The van der Waals surface area contributed by atoms with Crippen molar-refractivity contribution in [3.05, 3.63) is 69.6 Å². The van der Waals surface area contributed by atoms with E-state index in [1.54, 1.807) is 9.80 Å². The predicted molar refractivity (Wildman–Crippen MR) is 120 cm³/mol. The zero-order chi connectivity index (χ0) is 25.2. The Balaban J connectivity index is 1.33. The Morgan fingerprint density at radius 3 is 2.43 bits per heavy atom. The number of rotatable bonds is 6. The van der Waals surface area contributed by atoms with Gasteiger partial charge in [0.2, 0.25) is 17.6 Å². The molecule has 1 aliphatic rings. The lowest BCUT2D eigenvalue weighted by molar-refractivity contribution is -0.384. The number of hydrogen-bond acceptors (Lipinski definition) is 7. The molecule has 0 saturated carbocycles. The molecule has 12 heteroatoms. The van der Waals surface area contributed by atoms with Crippen molar-refractivity contribution < 1.29 is 27.4 Å². The van der Waals surface area contributed by atoms with Gasteiger partial charge in [0, 0.05) is 50.7 Å². The summed E-state index contributed by atoms with van der Waals surface area (Å²) >= 11 is 0. The number of benzene rings is 2. The Kier molecular flexibility index (Phi) is 6.72. The van der Waals surface area contributed by atoms with Gasteiger partial charge in [0.25, 0.3) is 5.69 Å². The molecule has 1 aliphatic heterocycles. The summed E-state index contributed by atoms with van der Waals surface area (Å²) in [5.74, 6) is 0.647. The number of amides is 1. The van der Waals surface area contributed by atoms with Crippen LogP contribution >= 0.6 is 0 Å². The van der Waals surface area contributed by atoms with Crippen LogP contribution in [0.2, 0.25) is 0 Å². The zero-order valence-electron chi connectivity index (χ0n) is 18.8. The summed E-state index contributed by atoms with van der Waals surface area (Å²) < 4.78 is 44.1. The van der Waals surface area contributed by atoms with Gasteiger partial charge in [-0.3, -0.25) is 14.9 Å². The first kappa shape index (κ1) is 24.2. The minimum Gasteiger partial charge on any atom is -0.362 e. The van der Waals surface area contributed by atoms with Gasteiger partial charge >= 0.3 is 6.18 Å². The average molecular weight is 489 g/mol. The van der Waals surface area contributed by atoms with Gasteiger partial charge in [-0.15, -0.1) is 0 Å². The molecule has 2 aromatic carbocycles. The normalized spacial score (nSPS) is 14.3. The van der Waals surface area contributed by atoms with Crippen LogP contribution in [0.3, 0.4) is 0 Å². The van der Waals surface area contributed by atoms with Gasteiger partial charge in [0.1, 0.15) is 5.69 Å². The van der Waals surface area contributed by atoms with Crippen molar-refractivity contribution in [2.75, 3.05) is 31.1 Å². The SMILES string of the molecule is Cc1ccc(-c2noc(CCC(=O)N3CCN(c4ccc(C(F)(F)F)cc4[N+](=O)[O-])CC3)n2)cc1. The smallest absolute Gasteiger partial charge is 0.362 e. The number of alkyl halides is 3. The Hall–Kier alpha value is -3.96. The highest BCUT2D eigenvalue weighted by molar-refractivity contribution is 5.77. The lowest BCUT2D eigenvalue weighted by Gasteiger charge is -2.36. The van der Waals surface area contributed by atoms with E-state index in [0.717, 1.165) is 23.3 Å². The predicted octanol–water partition coefficient (Wildman–Crippen LogP) is 4.25. The molecule has 184 valence electrons. The molecule has 0 atom stereocenters. The van der Waals surface area contributed by atoms with Crippen molar-refractivity contribution in [3.8, 4) is 11.4 Å². The standard InChI is InChI=1S/C23H22F3N5O4/c1-15-2-4-16(5-3-15)22-27-20(35-28-22)8-9-21(32)30-12-10-29(11-13-30)18-7-6-17(23(24,25)26)14-19(18)31(33)34/h2-7,14H,8-13H2,1H3. The van der Waals surface area contributed by atoms with E-state index in [2.05, 4.69) is 10.1 Å². The molecule has 35 heavy (non-hydrogen) atoms. The molecule has 1 saturated heterocycles. The van der Waals surface area contributed by atoms with Crippen molar-refractivity contribution in [2.45, 2.75) is 25.9 Å². The maximum Gasteiger partial charge on any atom is 0.416 e. The van der Waals surface area contributed by atoms with E-state index >= 15 is 0 Å². The minimum absolute atomic E-state index is 0.101. The van der Waals surface area contributed by atoms with Crippen LogP contribution < -0.4 is 4.90 Å². The maximum atomic E-state index is 12.9. The third-order valence-corrected chi connectivity index (χ3v) is 5.80. The van der Waals surface area contributed by atoms with Gasteiger partial charge in [0.05, 0.1) is 10.5 Å². The minimum atomic E-state index is -4.67. The molecule has 0 radical (unpaired) electrons. The third kappa shape index (κ3) is 5.58. The van der Waals surface area contributed by atoms with Gasteiger partial charge in [-0.2, -0.15) is 18.2 Å². The number of hydrogen-bond donors (Lipinski definition) is 0. The van der Waals surface area contributed by atoms with E-state index in [4.69, 9.17) is 4.52 Å². The molecule has 1 aromatic heterocycles. The number of nitrogens with zero attached hydrogens (tertiary/aromatic N) is 5. The van der Waals surface area contributed by atoms with Crippen LogP contribution in [0.4, 0.5) is 24.5 Å². The number of carbonyl (C=O) groups excluding carboxylic acids is 1. The number of carbonyl (C=O) groups is 1. The van der Waals surface area contributed by atoms with E-state index in [-0.39, 0.29) is 50.6 Å².